The molecule has 0 aromatic rings. The summed E-state index contributed by atoms with van der Waals surface area (Å²) >= 11 is 2.74. The first kappa shape index (κ1) is 9.50. The van der Waals surface area contributed by atoms with E-state index < -0.39 is 0 Å². The van der Waals surface area contributed by atoms with E-state index in [-0.39, 0.29) is 0 Å². The van der Waals surface area contributed by atoms with Crippen LogP contribution < -0.4 is 0 Å². The molecule has 1 nitrogen and oxygen atoms in total. The minimum absolute atomic E-state index is 0.338. The molecule has 0 aliphatic carbocycles. The number of nitrogens with zero attached hydrogens (tertiary/aromatic N) is 1. The number of rotatable bonds is 1. The van der Waals surface area contributed by atoms with Gasteiger partial charge >= 0.3 is 78.3 Å². The molecule has 0 N–H and O–H groups in total. The van der Waals surface area contributed by atoms with Crippen LogP contribution in [0.5, 0.6) is 0 Å². The van der Waals surface area contributed by atoms with E-state index in [1.165, 1.54) is 30.3 Å². The SMILES string of the molecule is CC(C)(C)[C](=[V])N1CCCC1. The summed E-state index contributed by atoms with van der Waals surface area (Å²) in [4.78, 5) is 2.50. The maximum absolute atomic E-state index is 2.74. The molecule has 63 valence electrons. The van der Waals surface area contributed by atoms with E-state index in [4.69, 9.17) is 0 Å². The number of likely N-dealkylation sites (tertiary alicyclic amines) is 1. The Kier molecular flexibility index (Phi) is 2.96. The van der Waals surface area contributed by atoms with Crippen LogP contribution in [0.15, 0.2) is 0 Å². The molecule has 0 atom stereocenters. The van der Waals surface area contributed by atoms with Gasteiger partial charge in [0.25, 0.3) is 0 Å². The summed E-state index contributed by atoms with van der Waals surface area (Å²) < 4.78 is 1.49. The summed E-state index contributed by atoms with van der Waals surface area (Å²) in [7, 11) is 0. The molecule has 1 fully saturated rings. The molecule has 1 aliphatic rings. The van der Waals surface area contributed by atoms with Gasteiger partial charge in [-0.05, 0) is 0 Å². The van der Waals surface area contributed by atoms with Gasteiger partial charge < -0.3 is 0 Å². The van der Waals surface area contributed by atoms with E-state index in [1.54, 1.807) is 0 Å². The van der Waals surface area contributed by atoms with Gasteiger partial charge in [0, 0.05) is 0 Å². The molecule has 0 bridgehead atoms. The third-order valence-electron chi connectivity index (χ3n) is 2.08. The van der Waals surface area contributed by atoms with E-state index in [2.05, 4.69) is 42.7 Å². The van der Waals surface area contributed by atoms with Gasteiger partial charge in [0.05, 0.1) is 0 Å². The molecule has 1 heterocycles. The Labute approximate surface area is 78.6 Å². The van der Waals surface area contributed by atoms with Gasteiger partial charge in [-0.3, -0.25) is 0 Å². The molecule has 0 unspecified atom stereocenters. The number of hydrogen-bond donors (Lipinski definition) is 0. The molecular weight excluding hydrogens is 173 g/mol. The number of hydrogen-bond acceptors (Lipinski definition) is 1. The van der Waals surface area contributed by atoms with Crippen LogP contribution in [-0.2, 0) is 17.0 Å². The fourth-order valence-corrected chi connectivity index (χ4v) is 1.72. The van der Waals surface area contributed by atoms with Gasteiger partial charge in [-0.25, -0.2) is 0 Å². The molecule has 0 radical (unpaired) electrons. The van der Waals surface area contributed by atoms with Crippen LogP contribution in [-0.4, -0.2) is 22.3 Å². The fourth-order valence-electron chi connectivity index (χ4n) is 1.40. The molecule has 0 spiro atoms. The quantitative estimate of drug-likeness (QED) is 0.609. The third-order valence-corrected chi connectivity index (χ3v) is 3.57. The van der Waals surface area contributed by atoms with Crippen molar-refractivity contribution >= 4 is 4.35 Å². The second kappa shape index (κ2) is 3.43. The predicted octanol–water partition coefficient (Wildman–Crippen LogP) is 1.81. The van der Waals surface area contributed by atoms with Crippen LogP contribution in [0, 0.1) is 5.41 Å². The van der Waals surface area contributed by atoms with Gasteiger partial charge in [0.2, 0.25) is 0 Å². The summed E-state index contributed by atoms with van der Waals surface area (Å²) in [5, 5.41) is 0. The molecule has 1 saturated heterocycles. The van der Waals surface area contributed by atoms with Gasteiger partial charge in [-0.2, -0.15) is 0 Å². The van der Waals surface area contributed by atoms with E-state index in [9.17, 15) is 0 Å². The Morgan fingerprint density at radius 1 is 1.18 bits per heavy atom. The Hall–Kier alpha value is 0.414. The average Bonchev–Trinajstić information content (AvgIpc) is 2.34. The second-order valence-corrected chi connectivity index (χ2v) is 4.93. The van der Waals surface area contributed by atoms with Crippen molar-refractivity contribution in [3.63, 3.8) is 0 Å². The van der Waals surface area contributed by atoms with E-state index in [1.807, 2.05) is 0 Å². The van der Waals surface area contributed by atoms with Gasteiger partial charge in [0.1, 0.15) is 0 Å². The van der Waals surface area contributed by atoms with Crippen LogP contribution in [0.25, 0.3) is 0 Å². The van der Waals surface area contributed by atoms with Crippen molar-refractivity contribution < 1.29 is 17.0 Å². The van der Waals surface area contributed by atoms with Crippen LogP contribution >= 0.6 is 0 Å². The van der Waals surface area contributed by atoms with Crippen molar-refractivity contribution in [2.45, 2.75) is 33.6 Å². The van der Waals surface area contributed by atoms with Crippen molar-refractivity contribution in [1.82, 2.24) is 4.90 Å². The minimum atomic E-state index is 0.338. The molecule has 1 aliphatic heterocycles. The van der Waals surface area contributed by atoms with Crippen LogP contribution in [0.4, 0.5) is 0 Å². The predicted molar refractivity (Wildman–Crippen MR) is 45.3 cm³/mol. The summed E-state index contributed by atoms with van der Waals surface area (Å²) in [6.07, 6.45) is 2.74. The maximum atomic E-state index is 2.74. The second-order valence-electron chi connectivity index (χ2n) is 4.27. The first-order valence-electron chi connectivity index (χ1n) is 4.33. The molecule has 0 saturated carbocycles. The van der Waals surface area contributed by atoms with Crippen LogP contribution in [0.3, 0.4) is 0 Å². The molecule has 11 heavy (non-hydrogen) atoms. The molecule has 0 amide bonds. The Morgan fingerprint density at radius 3 is 2.00 bits per heavy atom. The van der Waals surface area contributed by atoms with Gasteiger partial charge in [0.15, 0.2) is 0 Å². The average molecular weight is 190 g/mol. The summed E-state index contributed by atoms with van der Waals surface area (Å²) in [6.45, 7) is 9.36. The fraction of sp³-hybridized carbons (Fsp3) is 0.889. The normalized spacial score (nSPS) is 20.5. The summed E-state index contributed by atoms with van der Waals surface area (Å²) in [6, 6.07) is 0. The summed E-state index contributed by atoms with van der Waals surface area (Å²) in [5.41, 5.74) is 0.338. The first-order chi connectivity index (χ1) is 5.02. The molecule has 0 aromatic heterocycles. The Morgan fingerprint density at radius 2 is 1.64 bits per heavy atom. The van der Waals surface area contributed by atoms with Gasteiger partial charge in [-0.1, -0.05) is 0 Å². The van der Waals surface area contributed by atoms with E-state index in [0.717, 1.165) is 0 Å². The molecule has 2 heteroatoms. The third kappa shape index (κ3) is 2.43. The van der Waals surface area contributed by atoms with Crippen molar-refractivity contribution in [3.05, 3.63) is 0 Å². The molecule has 0 aromatic carbocycles. The zero-order valence-electron chi connectivity index (χ0n) is 7.72. The van der Waals surface area contributed by atoms with Crippen LogP contribution in [0.2, 0.25) is 0 Å². The Balaban J connectivity index is 2.53. The van der Waals surface area contributed by atoms with Crippen molar-refractivity contribution in [3.8, 4) is 0 Å². The zero-order valence-corrected chi connectivity index (χ0v) is 9.12. The molecular formula is C9H17NV. The van der Waals surface area contributed by atoms with E-state index in [0.29, 0.717) is 5.41 Å². The molecule has 1 rings (SSSR count). The van der Waals surface area contributed by atoms with Crippen molar-refractivity contribution in [2.24, 2.45) is 5.41 Å². The topological polar surface area (TPSA) is 3.24 Å². The van der Waals surface area contributed by atoms with Crippen molar-refractivity contribution in [1.29, 1.82) is 0 Å². The van der Waals surface area contributed by atoms with Crippen molar-refractivity contribution in [2.75, 3.05) is 13.1 Å². The van der Waals surface area contributed by atoms with Crippen LogP contribution in [0.1, 0.15) is 33.6 Å². The van der Waals surface area contributed by atoms with Gasteiger partial charge in [-0.15, -0.1) is 0 Å². The summed E-state index contributed by atoms with van der Waals surface area (Å²) in [5.74, 6) is 0. The monoisotopic (exact) mass is 190 g/mol. The zero-order chi connectivity index (χ0) is 8.48. The van der Waals surface area contributed by atoms with E-state index >= 15 is 0 Å². The first-order valence-corrected chi connectivity index (χ1v) is 5.03. The Bertz CT molecular complexity index is 151. The standard InChI is InChI=1S/C9H17N.V/c1-9(2,3)8-10-6-4-5-7-10;/h4-7H2,1-3H3;.